The van der Waals surface area contributed by atoms with Crippen LogP contribution in [-0.4, -0.2) is 55.6 Å². The molecule has 0 heterocycles. The van der Waals surface area contributed by atoms with E-state index in [1.54, 1.807) is 18.2 Å². The van der Waals surface area contributed by atoms with E-state index >= 15 is 0 Å². The molecule has 28 heavy (non-hydrogen) atoms. The van der Waals surface area contributed by atoms with Crippen LogP contribution in [0.4, 0.5) is 11.4 Å². The maximum Gasteiger partial charge on any atom is 0.271 e. The monoisotopic (exact) mass is 407 g/mol. The summed E-state index contributed by atoms with van der Waals surface area (Å²) >= 11 is 0. The zero-order valence-corrected chi connectivity index (χ0v) is 16.7. The molecule has 2 rings (SSSR count). The first-order chi connectivity index (χ1) is 13.3. The van der Waals surface area contributed by atoms with Crippen LogP contribution in [0.2, 0.25) is 0 Å². The Labute approximate surface area is 165 Å². The van der Waals surface area contributed by atoms with Crippen molar-refractivity contribution < 1.29 is 18.4 Å². The van der Waals surface area contributed by atoms with Gasteiger partial charge in [-0.15, -0.1) is 0 Å². The van der Waals surface area contributed by atoms with Gasteiger partial charge in [0.2, 0.25) is 0 Å². The molecule has 0 spiro atoms. The third kappa shape index (κ3) is 5.28. The van der Waals surface area contributed by atoms with Gasteiger partial charge in [0.25, 0.3) is 15.7 Å². The van der Waals surface area contributed by atoms with Crippen molar-refractivity contribution in [1.82, 2.24) is 4.90 Å². The van der Waals surface area contributed by atoms with Gasteiger partial charge in [0.1, 0.15) is 0 Å². The van der Waals surface area contributed by atoms with Gasteiger partial charge in [-0.1, -0.05) is 38.1 Å². The molecule has 0 radical (unpaired) electrons. The van der Waals surface area contributed by atoms with Crippen molar-refractivity contribution in [2.24, 2.45) is 0 Å². The van der Waals surface area contributed by atoms with E-state index in [-0.39, 0.29) is 22.8 Å². The lowest BCUT2D eigenvalue weighted by molar-refractivity contribution is -0.384. The molecule has 0 aliphatic carbocycles. The summed E-state index contributed by atoms with van der Waals surface area (Å²) in [5.41, 5.74) is -0.0827. The number of rotatable bonds is 10. The van der Waals surface area contributed by atoms with Crippen molar-refractivity contribution in [3.63, 3.8) is 0 Å². The molecule has 1 N–H and O–H groups in total. The Morgan fingerprint density at radius 3 is 2.25 bits per heavy atom. The highest BCUT2D eigenvalue weighted by atomic mass is 32.2. The molecule has 1 atom stereocenters. The van der Waals surface area contributed by atoms with Gasteiger partial charge in [0.15, 0.2) is 0 Å². The highest BCUT2D eigenvalue weighted by Gasteiger charge is 2.28. The van der Waals surface area contributed by atoms with Crippen molar-refractivity contribution in [2.75, 3.05) is 30.5 Å². The fraction of sp³-hybridized carbons (Fsp3) is 0.368. The van der Waals surface area contributed by atoms with Gasteiger partial charge >= 0.3 is 0 Å². The van der Waals surface area contributed by atoms with Crippen molar-refractivity contribution in [3.8, 4) is 0 Å². The van der Waals surface area contributed by atoms with Crippen LogP contribution in [0.1, 0.15) is 13.8 Å². The standard InChI is InChI=1S/C19H25N3O5S/c1-3-20(4-2)14-18(23)15-21(16-9-8-10-17(13-16)22(24)25)28(26,27)19-11-6-5-7-12-19/h5-13,18,23H,3-4,14-15H2,1-2H3/t18-/m0/s1. The van der Waals surface area contributed by atoms with E-state index in [1.165, 1.54) is 36.4 Å². The third-order valence-electron chi connectivity index (χ3n) is 4.40. The third-order valence-corrected chi connectivity index (χ3v) is 6.21. The molecule has 0 aliphatic heterocycles. The van der Waals surface area contributed by atoms with E-state index in [0.717, 1.165) is 17.4 Å². The van der Waals surface area contributed by atoms with E-state index in [9.17, 15) is 23.6 Å². The van der Waals surface area contributed by atoms with Crippen LogP contribution < -0.4 is 4.31 Å². The van der Waals surface area contributed by atoms with Crippen LogP contribution in [0.5, 0.6) is 0 Å². The highest BCUT2D eigenvalue weighted by molar-refractivity contribution is 7.92. The molecule has 0 aliphatic rings. The van der Waals surface area contributed by atoms with E-state index < -0.39 is 21.1 Å². The summed E-state index contributed by atoms with van der Waals surface area (Å²) < 4.78 is 27.4. The second kappa shape index (κ2) is 9.63. The van der Waals surface area contributed by atoms with Gasteiger partial charge in [0, 0.05) is 18.7 Å². The number of sulfonamides is 1. The number of benzene rings is 2. The maximum absolute atomic E-state index is 13.2. The number of likely N-dealkylation sites (N-methyl/N-ethyl adjacent to an activating group) is 1. The van der Waals surface area contributed by atoms with E-state index in [2.05, 4.69) is 0 Å². The van der Waals surface area contributed by atoms with Gasteiger partial charge < -0.3 is 10.0 Å². The Balaban J connectivity index is 2.44. The minimum atomic E-state index is -4.01. The minimum Gasteiger partial charge on any atom is -0.390 e. The summed E-state index contributed by atoms with van der Waals surface area (Å²) in [7, 11) is -4.01. The number of nitrogens with zero attached hydrogens (tertiary/aromatic N) is 3. The Morgan fingerprint density at radius 2 is 1.68 bits per heavy atom. The molecule has 0 aromatic heterocycles. The molecule has 0 saturated carbocycles. The first kappa shape index (κ1) is 21.8. The SMILES string of the molecule is CCN(CC)C[C@H](O)CN(c1cccc([N+](=O)[O-])c1)S(=O)(=O)c1ccccc1. The number of hydrogen-bond donors (Lipinski definition) is 1. The van der Waals surface area contributed by atoms with Gasteiger partial charge in [0.05, 0.1) is 28.2 Å². The fourth-order valence-corrected chi connectivity index (χ4v) is 4.37. The summed E-state index contributed by atoms with van der Waals surface area (Å²) in [5, 5.41) is 21.6. The molecular weight excluding hydrogens is 382 g/mol. The molecule has 0 bridgehead atoms. The fourth-order valence-electron chi connectivity index (χ4n) is 2.85. The summed E-state index contributed by atoms with van der Waals surface area (Å²) in [4.78, 5) is 12.6. The van der Waals surface area contributed by atoms with Crippen molar-refractivity contribution in [1.29, 1.82) is 0 Å². The van der Waals surface area contributed by atoms with E-state index in [0.29, 0.717) is 6.54 Å². The predicted molar refractivity (Wildman–Crippen MR) is 108 cm³/mol. The van der Waals surface area contributed by atoms with Crippen LogP contribution in [0, 0.1) is 10.1 Å². The van der Waals surface area contributed by atoms with Crippen LogP contribution in [0.15, 0.2) is 59.5 Å². The van der Waals surface area contributed by atoms with Crippen LogP contribution in [0.3, 0.4) is 0 Å². The van der Waals surface area contributed by atoms with Gasteiger partial charge in [-0.2, -0.15) is 0 Å². The first-order valence-electron chi connectivity index (χ1n) is 9.02. The second-order valence-electron chi connectivity index (χ2n) is 6.27. The summed E-state index contributed by atoms with van der Waals surface area (Å²) in [6.45, 7) is 5.42. The Kier molecular flexibility index (Phi) is 7.50. The number of anilines is 1. The number of nitro groups is 1. The van der Waals surface area contributed by atoms with E-state index in [1.807, 2.05) is 18.7 Å². The number of aliphatic hydroxyl groups is 1. The summed E-state index contributed by atoms with van der Waals surface area (Å²) in [6.07, 6.45) is -0.961. The molecule has 9 heteroatoms. The van der Waals surface area contributed by atoms with Gasteiger partial charge in [-0.05, 0) is 31.3 Å². The average Bonchev–Trinajstić information content (AvgIpc) is 2.70. The van der Waals surface area contributed by atoms with Crippen molar-refractivity contribution in [3.05, 3.63) is 64.7 Å². The van der Waals surface area contributed by atoms with Crippen molar-refractivity contribution >= 4 is 21.4 Å². The molecule has 152 valence electrons. The van der Waals surface area contributed by atoms with Crippen LogP contribution in [-0.2, 0) is 10.0 Å². The largest absolute Gasteiger partial charge is 0.390 e. The zero-order valence-electron chi connectivity index (χ0n) is 15.9. The lowest BCUT2D eigenvalue weighted by atomic mass is 10.2. The Morgan fingerprint density at radius 1 is 1.04 bits per heavy atom. The minimum absolute atomic E-state index is 0.0524. The van der Waals surface area contributed by atoms with Gasteiger partial charge in [-0.3, -0.25) is 14.4 Å². The molecule has 0 unspecified atom stereocenters. The smallest absolute Gasteiger partial charge is 0.271 e. The highest BCUT2D eigenvalue weighted by Crippen LogP contribution is 2.27. The Bertz CT molecular complexity index is 885. The first-order valence-corrected chi connectivity index (χ1v) is 10.5. The normalized spacial score (nSPS) is 12.7. The molecule has 0 amide bonds. The number of non-ortho nitro benzene ring substituents is 1. The Hall–Kier alpha value is -2.49. The number of hydrogen-bond acceptors (Lipinski definition) is 6. The summed E-state index contributed by atoms with van der Waals surface area (Å²) in [5.74, 6) is 0. The number of aliphatic hydroxyl groups excluding tert-OH is 1. The quantitative estimate of drug-likeness (QED) is 0.479. The second-order valence-corrected chi connectivity index (χ2v) is 8.13. The molecular formula is C19H25N3O5S. The van der Waals surface area contributed by atoms with E-state index in [4.69, 9.17) is 0 Å². The number of nitro benzene ring substituents is 1. The molecule has 8 nitrogen and oxygen atoms in total. The van der Waals surface area contributed by atoms with Crippen LogP contribution in [0.25, 0.3) is 0 Å². The lowest BCUT2D eigenvalue weighted by Crippen LogP contribution is -2.43. The maximum atomic E-state index is 13.2. The van der Waals surface area contributed by atoms with Crippen LogP contribution >= 0.6 is 0 Å². The summed E-state index contributed by atoms with van der Waals surface area (Å²) in [6, 6.07) is 13.2. The predicted octanol–water partition coefficient (Wildman–Crippen LogP) is 2.49. The van der Waals surface area contributed by atoms with Gasteiger partial charge in [-0.25, -0.2) is 8.42 Å². The molecule has 2 aromatic carbocycles. The zero-order chi connectivity index (χ0) is 20.7. The molecule has 0 fully saturated rings. The van der Waals surface area contributed by atoms with Crippen molar-refractivity contribution in [2.45, 2.75) is 24.8 Å². The molecule has 0 saturated heterocycles. The topological polar surface area (TPSA) is 104 Å². The lowest BCUT2D eigenvalue weighted by Gasteiger charge is -2.29. The average molecular weight is 407 g/mol. The molecule has 2 aromatic rings.